The van der Waals surface area contributed by atoms with E-state index in [2.05, 4.69) is 16.9 Å². The Kier molecular flexibility index (Phi) is 5.79. The van der Waals surface area contributed by atoms with Gasteiger partial charge in [0.05, 0.1) is 0 Å². The van der Waals surface area contributed by atoms with Crippen molar-refractivity contribution in [3.8, 4) is 0 Å². The van der Waals surface area contributed by atoms with Crippen LogP contribution in [0.15, 0.2) is 17.6 Å². The molecule has 0 radical (unpaired) electrons. The van der Waals surface area contributed by atoms with Crippen LogP contribution in [0.2, 0.25) is 0 Å². The van der Waals surface area contributed by atoms with Gasteiger partial charge in [0.15, 0.2) is 0 Å². The van der Waals surface area contributed by atoms with E-state index in [0.717, 1.165) is 0 Å². The molecule has 1 N–H and O–H groups in total. The molecule has 80 valence electrons. The SMILES string of the molecule is C=CCNCC=NC(=O)OC(C)(C)C. The third-order valence-electron chi connectivity index (χ3n) is 1.11. The van der Waals surface area contributed by atoms with Gasteiger partial charge in [0.1, 0.15) is 5.60 Å². The Morgan fingerprint density at radius 3 is 2.64 bits per heavy atom. The first-order valence-corrected chi connectivity index (χ1v) is 4.53. The molecule has 0 saturated carbocycles. The third kappa shape index (κ3) is 8.93. The Morgan fingerprint density at radius 2 is 2.14 bits per heavy atom. The van der Waals surface area contributed by atoms with Crippen LogP contribution >= 0.6 is 0 Å². The van der Waals surface area contributed by atoms with E-state index in [-0.39, 0.29) is 0 Å². The highest BCUT2D eigenvalue weighted by Gasteiger charge is 2.14. The lowest BCUT2D eigenvalue weighted by Gasteiger charge is -2.17. The normalized spacial score (nSPS) is 11.6. The van der Waals surface area contributed by atoms with Crippen molar-refractivity contribution in [2.45, 2.75) is 26.4 Å². The van der Waals surface area contributed by atoms with Crippen LogP contribution in [0.4, 0.5) is 4.79 Å². The van der Waals surface area contributed by atoms with E-state index in [4.69, 9.17) is 4.74 Å². The van der Waals surface area contributed by atoms with Crippen molar-refractivity contribution in [3.05, 3.63) is 12.7 Å². The first kappa shape index (κ1) is 12.8. The zero-order chi connectivity index (χ0) is 11.0. The molecule has 0 heterocycles. The maximum absolute atomic E-state index is 11.0. The number of aliphatic imine (C=N–C) groups is 1. The van der Waals surface area contributed by atoms with Gasteiger partial charge in [0, 0.05) is 19.3 Å². The minimum Gasteiger partial charge on any atom is -0.442 e. The Morgan fingerprint density at radius 1 is 1.50 bits per heavy atom. The number of hydrogen-bond acceptors (Lipinski definition) is 3. The molecule has 0 unspecified atom stereocenters. The summed E-state index contributed by atoms with van der Waals surface area (Å²) < 4.78 is 4.96. The molecular weight excluding hydrogens is 180 g/mol. The fourth-order valence-electron chi connectivity index (χ4n) is 0.658. The maximum Gasteiger partial charge on any atom is 0.433 e. The van der Waals surface area contributed by atoms with Gasteiger partial charge in [-0.05, 0) is 20.8 Å². The summed E-state index contributed by atoms with van der Waals surface area (Å²) in [6, 6.07) is 0. The second-order valence-electron chi connectivity index (χ2n) is 3.74. The van der Waals surface area contributed by atoms with Crippen LogP contribution in [0.1, 0.15) is 20.8 Å². The number of amides is 1. The first-order valence-electron chi connectivity index (χ1n) is 4.53. The molecule has 0 aliphatic heterocycles. The largest absolute Gasteiger partial charge is 0.442 e. The van der Waals surface area contributed by atoms with E-state index >= 15 is 0 Å². The third-order valence-corrected chi connectivity index (χ3v) is 1.11. The summed E-state index contributed by atoms with van der Waals surface area (Å²) in [6.07, 6.45) is 2.66. The smallest absolute Gasteiger partial charge is 0.433 e. The zero-order valence-electron chi connectivity index (χ0n) is 9.04. The van der Waals surface area contributed by atoms with Crippen molar-refractivity contribution < 1.29 is 9.53 Å². The minimum atomic E-state index is -0.557. The summed E-state index contributed by atoms with van der Waals surface area (Å²) in [6.45, 7) is 10.2. The summed E-state index contributed by atoms with van der Waals surface area (Å²) in [7, 11) is 0. The summed E-state index contributed by atoms with van der Waals surface area (Å²) in [5.41, 5.74) is -0.483. The molecule has 0 aromatic rings. The van der Waals surface area contributed by atoms with E-state index in [0.29, 0.717) is 13.1 Å². The van der Waals surface area contributed by atoms with E-state index in [9.17, 15) is 4.79 Å². The monoisotopic (exact) mass is 198 g/mol. The molecule has 0 spiro atoms. The van der Waals surface area contributed by atoms with Crippen LogP contribution < -0.4 is 5.32 Å². The Balaban J connectivity index is 3.66. The van der Waals surface area contributed by atoms with Crippen LogP contribution in [-0.4, -0.2) is 31.0 Å². The molecule has 0 aromatic carbocycles. The van der Waals surface area contributed by atoms with Crippen LogP contribution in [0.25, 0.3) is 0 Å². The van der Waals surface area contributed by atoms with Gasteiger partial charge in [-0.2, -0.15) is 4.99 Å². The number of rotatable bonds is 4. The molecule has 0 bridgehead atoms. The average molecular weight is 198 g/mol. The fourth-order valence-corrected chi connectivity index (χ4v) is 0.658. The summed E-state index contributed by atoms with van der Waals surface area (Å²) >= 11 is 0. The van der Waals surface area contributed by atoms with Gasteiger partial charge in [-0.3, -0.25) is 0 Å². The number of carbonyl (C=O) groups is 1. The highest BCUT2D eigenvalue weighted by molar-refractivity contribution is 5.80. The predicted molar refractivity (Wildman–Crippen MR) is 57.8 cm³/mol. The lowest BCUT2D eigenvalue weighted by Crippen LogP contribution is -2.22. The van der Waals surface area contributed by atoms with Crippen molar-refractivity contribution in [1.29, 1.82) is 0 Å². The van der Waals surface area contributed by atoms with Crippen LogP contribution in [-0.2, 0) is 4.74 Å². The lowest BCUT2D eigenvalue weighted by atomic mass is 10.2. The Bertz CT molecular complexity index is 217. The number of hydrogen-bond donors (Lipinski definition) is 1. The molecule has 0 fully saturated rings. The van der Waals surface area contributed by atoms with Crippen LogP contribution in [0.5, 0.6) is 0 Å². The zero-order valence-corrected chi connectivity index (χ0v) is 9.04. The van der Waals surface area contributed by atoms with E-state index in [1.165, 1.54) is 6.21 Å². The second-order valence-corrected chi connectivity index (χ2v) is 3.74. The molecule has 0 saturated heterocycles. The molecule has 0 aliphatic rings. The van der Waals surface area contributed by atoms with E-state index in [1.807, 2.05) is 0 Å². The van der Waals surface area contributed by atoms with Gasteiger partial charge in [-0.15, -0.1) is 6.58 Å². The maximum atomic E-state index is 11.0. The first-order chi connectivity index (χ1) is 6.45. The van der Waals surface area contributed by atoms with Gasteiger partial charge in [-0.1, -0.05) is 6.08 Å². The minimum absolute atomic E-state index is 0.483. The number of ether oxygens (including phenoxy) is 1. The summed E-state index contributed by atoms with van der Waals surface area (Å²) in [5, 5.41) is 2.98. The number of nitrogens with one attached hydrogen (secondary N) is 1. The molecule has 0 atom stereocenters. The van der Waals surface area contributed by atoms with Crippen molar-refractivity contribution >= 4 is 12.3 Å². The van der Waals surface area contributed by atoms with E-state index < -0.39 is 11.7 Å². The molecule has 0 aliphatic carbocycles. The lowest BCUT2D eigenvalue weighted by molar-refractivity contribution is 0.0605. The number of carbonyl (C=O) groups excluding carboxylic acids is 1. The molecule has 14 heavy (non-hydrogen) atoms. The summed E-state index contributed by atoms with van der Waals surface area (Å²) in [4.78, 5) is 14.6. The predicted octanol–water partition coefficient (Wildman–Crippen LogP) is 1.77. The second kappa shape index (κ2) is 6.32. The Labute approximate surface area is 85.1 Å². The topological polar surface area (TPSA) is 50.7 Å². The van der Waals surface area contributed by atoms with Gasteiger partial charge < -0.3 is 10.1 Å². The van der Waals surface area contributed by atoms with Crippen molar-refractivity contribution in [2.75, 3.05) is 13.1 Å². The van der Waals surface area contributed by atoms with E-state index in [1.54, 1.807) is 26.8 Å². The van der Waals surface area contributed by atoms with Crippen molar-refractivity contribution in [3.63, 3.8) is 0 Å². The fraction of sp³-hybridized carbons (Fsp3) is 0.600. The molecule has 0 aromatic heterocycles. The van der Waals surface area contributed by atoms with Crippen molar-refractivity contribution in [2.24, 2.45) is 4.99 Å². The van der Waals surface area contributed by atoms with Gasteiger partial charge in [-0.25, -0.2) is 4.79 Å². The molecule has 4 heteroatoms. The van der Waals surface area contributed by atoms with Gasteiger partial charge >= 0.3 is 6.09 Å². The van der Waals surface area contributed by atoms with Crippen LogP contribution in [0, 0.1) is 0 Å². The summed E-state index contributed by atoms with van der Waals surface area (Å²) in [5.74, 6) is 0. The highest BCUT2D eigenvalue weighted by Crippen LogP contribution is 2.07. The quantitative estimate of drug-likeness (QED) is 0.425. The molecule has 1 amide bonds. The Hall–Kier alpha value is -1.16. The standard InChI is InChI=1S/C10H18N2O2/c1-5-6-11-7-8-12-9(13)14-10(2,3)4/h5,8,11H,1,6-7H2,2-4H3. The molecule has 0 rings (SSSR count). The van der Waals surface area contributed by atoms with Crippen LogP contribution in [0.3, 0.4) is 0 Å². The highest BCUT2D eigenvalue weighted by atomic mass is 16.6. The van der Waals surface area contributed by atoms with Gasteiger partial charge in [0.25, 0.3) is 0 Å². The number of nitrogens with zero attached hydrogens (tertiary/aromatic N) is 1. The van der Waals surface area contributed by atoms with Gasteiger partial charge in [0.2, 0.25) is 0 Å². The molecule has 4 nitrogen and oxygen atoms in total. The van der Waals surface area contributed by atoms with Crippen molar-refractivity contribution in [1.82, 2.24) is 5.32 Å². The molecular formula is C10H18N2O2. The average Bonchev–Trinajstić information content (AvgIpc) is 2.00.